The predicted molar refractivity (Wildman–Crippen MR) is 63.7 cm³/mol. The number of nitrogens with zero attached hydrogens (tertiary/aromatic N) is 2. The van der Waals surface area contributed by atoms with Crippen LogP contribution in [0.4, 0.5) is 20.4 Å². The summed E-state index contributed by atoms with van der Waals surface area (Å²) in [6, 6.07) is 0. The number of aromatic nitrogens is 2. The molecule has 7 heteroatoms. The molecule has 0 spiro atoms. The van der Waals surface area contributed by atoms with E-state index in [0.717, 1.165) is 12.8 Å². The monoisotopic (exact) mass is 258 g/mol. The van der Waals surface area contributed by atoms with Gasteiger partial charge in [0.2, 0.25) is 0 Å². The number of anilines is 2. The Morgan fingerprint density at radius 3 is 2.67 bits per heavy atom. The van der Waals surface area contributed by atoms with Crippen LogP contribution < -0.4 is 11.1 Å². The zero-order chi connectivity index (χ0) is 13.3. The minimum absolute atomic E-state index is 0.298. The number of hydrogen-bond donors (Lipinski definition) is 3. The van der Waals surface area contributed by atoms with Crippen molar-refractivity contribution in [2.45, 2.75) is 31.6 Å². The van der Waals surface area contributed by atoms with Crippen LogP contribution in [0.1, 0.15) is 30.1 Å². The van der Waals surface area contributed by atoms with Crippen molar-refractivity contribution in [3.8, 4) is 0 Å². The third-order valence-electron chi connectivity index (χ3n) is 2.89. The molecule has 0 aromatic carbocycles. The second-order valence-electron chi connectivity index (χ2n) is 4.58. The molecule has 1 aliphatic carbocycles. The first-order valence-corrected chi connectivity index (χ1v) is 5.79. The highest BCUT2D eigenvalue weighted by Gasteiger charge is 2.30. The lowest BCUT2D eigenvalue weighted by atomic mass is 10.2. The van der Waals surface area contributed by atoms with Crippen molar-refractivity contribution >= 4 is 11.6 Å². The van der Waals surface area contributed by atoms with Crippen molar-refractivity contribution in [2.24, 2.45) is 0 Å². The fraction of sp³-hybridized carbons (Fsp3) is 0.636. The quantitative estimate of drug-likeness (QED) is 0.741. The summed E-state index contributed by atoms with van der Waals surface area (Å²) in [5, 5.41) is 11.0. The summed E-state index contributed by atoms with van der Waals surface area (Å²) in [6.07, 6.45) is 2.02. The summed E-state index contributed by atoms with van der Waals surface area (Å²) in [4.78, 5) is 8.37. The number of nitrogens with two attached hydrogens (primary N) is 1. The van der Waals surface area contributed by atoms with Gasteiger partial charge in [0.1, 0.15) is 24.1 Å². The lowest BCUT2D eigenvalue weighted by Gasteiger charge is -2.16. The normalized spacial score (nSPS) is 15.8. The molecule has 1 aliphatic rings. The van der Waals surface area contributed by atoms with E-state index in [4.69, 9.17) is 10.8 Å². The average molecular weight is 258 g/mol. The van der Waals surface area contributed by atoms with Gasteiger partial charge in [0.15, 0.2) is 0 Å². The van der Waals surface area contributed by atoms with Crippen LogP contribution in [0.5, 0.6) is 0 Å². The number of alkyl halides is 2. The topological polar surface area (TPSA) is 84.1 Å². The van der Waals surface area contributed by atoms with E-state index in [1.165, 1.54) is 0 Å². The van der Waals surface area contributed by atoms with E-state index >= 15 is 0 Å². The number of hydrogen-bond acceptors (Lipinski definition) is 5. The Morgan fingerprint density at radius 1 is 1.44 bits per heavy atom. The van der Waals surface area contributed by atoms with Crippen LogP contribution in [-0.4, -0.2) is 34.1 Å². The maximum atomic E-state index is 13.0. The largest absolute Gasteiger partial charge is 0.390 e. The van der Waals surface area contributed by atoms with E-state index in [9.17, 15) is 8.78 Å². The van der Waals surface area contributed by atoms with E-state index in [2.05, 4.69) is 15.3 Å². The standard InChI is InChI=1S/C11H16F2N4O/c1-6-8(14)16-10(7-2-3-7)17-9(6)15-4-11(12,13)5-18/h7,18H,2-5H2,1H3,(H3,14,15,16,17). The van der Waals surface area contributed by atoms with Gasteiger partial charge in [-0.15, -0.1) is 0 Å². The summed E-state index contributed by atoms with van der Waals surface area (Å²) >= 11 is 0. The number of nitrogen functional groups attached to an aromatic ring is 1. The Balaban J connectivity index is 2.16. The van der Waals surface area contributed by atoms with Gasteiger partial charge in [-0.3, -0.25) is 0 Å². The molecule has 0 aliphatic heterocycles. The Bertz CT molecular complexity index is 449. The number of aliphatic hydroxyl groups excluding tert-OH is 1. The molecule has 0 unspecified atom stereocenters. The minimum Gasteiger partial charge on any atom is -0.390 e. The molecule has 1 heterocycles. The van der Waals surface area contributed by atoms with Gasteiger partial charge in [-0.25, -0.2) is 18.7 Å². The van der Waals surface area contributed by atoms with Gasteiger partial charge in [0.05, 0.1) is 6.54 Å². The van der Waals surface area contributed by atoms with Crippen molar-refractivity contribution < 1.29 is 13.9 Å². The van der Waals surface area contributed by atoms with Gasteiger partial charge >= 0.3 is 0 Å². The summed E-state index contributed by atoms with van der Waals surface area (Å²) < 4.78 is 25.9. The third kappa shape index (κ3) is 2.84. The van der Waals surface area contributed by atoms with Gasteiger partial charge < -0.3 is 16.2 Å². The molecule has 1 aromatic heterocycles. The minimum atomic E-state index is -3.17. The highest BCUT2D eigenvalue weighted by Crippen LogP contribution is 2.39. The molecule has 0 bridgehead atoms. The zero-order valence-electron chi connectivity index (χ0n) is 10.1. The fourth-order valence-corrected chi connectivity index (χ4v) is 1.52. The molecule has 100 valence electrons. The Kier molecular flexibility index (Phi) is 3.34. The number of nitrogens with one attached hydrogen (secondary N) is 1. The van der Waals surface area contributed by atoms with Crippen molar-refractivity contribution in [3.63, 3.8) is 0 Å². The molecule has 4 N–H and O–H groups in total. The van der Waals surface area contributed by atoms with Crippen molar-refractivity contribution in [1.29, 1.82) is 0 Å². The maximum absolute atomic E-state index is 13.0. The first-order valence-electron chi connectivity index (χ1n) is 5.79. The summed E-state index contributed by atoms with van der Waals surface area (Å²) in [6.45, 7) is -0.203. The molecule has 1 saturated carbocycles. The molecule has 0 radical (unpaired) electrons. The highest BCUT2D eigenvalue weighted by molar-refractivity contribution is 5.55. The smallest absolute Gasteiger partial charge is 0.287 e. The summed E-state index contributed by atoms with van der Waals surface area (Å²) in [5.41, 5.74) is 6.28. The fourth-order valence-electron chi connectivity index (χ4n) is 1.52. The van der Waals surface area contributed by atoms with Crippen LogP contribution >= 0.6 is 0 Å². The first-order chi connectivity index (χ1) is 8.43. The van der Waals surface area contributed by atoms with Crippen LogP contribution in [0.3, 0.4) is 0 Å². The molecule has 18 heavy (non-hydrogen) atoms. The van der Waals surface area contributed by atoms with Gasteiger partial charge in [0.25, 0.3) is 5.92 Å². The predicted octanol–water partition coefficient (Wildman–Crippen LogP) is 1.28. The van der Waals surface area contributed by atoms with E-state index in [0.29, 0.717) is 28.9 Å². The molecule has 0 amide bonds. The van der Waals surface area contributed by atoms with Gasteiger partial charge in [-0.05, 0) is 19.8 Å². The van der Waals surface area contributed by atoms with Crippen LogP contribution in [0.15, 0.2) is 0 Å². The van der Waals surface area contributed by atoms with Crippen LogP contribution in [0.2, 0.25) is 0 Å². The highest BCUT2D eigenvalue weighted by atomic mass is 19.3. The lowest BCUT2D eigenvalue weighted by Crippen LogP contribution is -2.31. The van der Waals surface area contributed by atoms with Crippen LogP contribution in [0.25, 0.3) is 0 Å². The zero-order valence-corrected chi connectivity index (χ0v) is 10.1. The Labute approximate surface area is 103 Å². The second-order valence-corrected chi connectivity index (χ2v) is 4.58. The molecular weight excluding hydrogens is 242 g/mol. The van der Waals surface area contributed by atoms with Gasteiger partial charge in [-0.1, -0.05) is 0 Å². The molecule has 1 fully saturated rings. The van der Waals surface area contributed by atoms with E-state index < -0.39 is 19.1 Å². The van der Waals surface area contributed by atoms with Crippen molar-refractivity contribution in [1.82, 2.24) is 9.97 Å². The van der Waals surface area contributed by atoms with Crippen molar-refractivity contribution in [3.05, 3.63) is 11.4 Å². The van der Waals surface area contributed by atoms with Gasteiger partial charge in [0, 0.05) is 11.5 Å². The first kappa shape index (κ1) is 12.9. The molecule has 5 nitrogen and oxygen atoms in total. The summed E-state index contributed by atoms with van der Waals surface area (Å²) in [7, 11) is 0. The second kappa shape index (κ2) is 4.64. The summed E-state index contributed by atoms with van der Waals surface area (Å²) in [5.74, 6) is -1.65. The Morgan fingerprint density at radius 2 is 2.11 bits per heavy atom. The van der Waals surface area contributed by atoms with Crippen LogP contribution in [-0.2, 0) is 0 Å². The molecule has 1 aromatic rings. The number of aliphatic hydroxyl groups is 1. The maximum Gasteiger partial charge on any atom is 0.287 e. The third-order valence-corrected chi connectivity index (χ3v) is 2.89. The number of halogens is 2. The Hall–Kier alpha value is -1.50. The molecular formula is C11H16F2N4O. The van der Waals surface area contributed by atoms with Crippen LogP contribution in [0, 0.1) is 6.92 Å². The lowest BCUT2D eigenvalue weighted by molar-refractivity contribution is -0.0373. The molecule has 0 saturated heterocycles. The van der Waals surface area contributed by atoms with E-state index in [1.54, 1.807) is 6.92 Å². The molecule has 2 rings (SSSR count). The van der Waals surface area contributed by atoms with Crippen molar-refractivity contribution in [2.75, 3.05) is 24.2 Å². The van der Waals surface area contributed by atoms with E-state index in [1.807, 2.05) is 0 Å². The van der Waals surface area contributed by atoms with Gasteiger partial charge in [-0.2, -0.15) is 0 Å². The molecule has 0 atom stereocenters. The average Bonchev–Trinajstić information content (AvgIpc) is 3.15. The number of rotatable bonds is 5. The van der Waals surface area contributed by atoms with E-state index in [-0.39, 0.29) is 0 Å². The SMILES string of the molecule is Cc1c(N)nc(C2CC2)nc1NCC(F)(F)CO.